The highest BCUT2D eigenvalue weighted by Crippen LogP contribution is 2.25. The number of hydrogen-bond donors (Lipinski definition) is 1. The van der Waals surface area contributed by atoms with Gasteiger partial charge in [0.2, 0.25) is 5.91 Å². The average molecular weight is 496 g/mol. The van der Waals surface area contributed by atoms with Gasteiger partial charge in [0.05, 0.1) is 6.61 Å². The van der Waals surface area contributed by atoms with Crippen molar-refractivity contribution in [1.29, 1.82) is 0 Å². The SMILES string of the molecule is CCCOc1ccc(CNC(=O)C2CCN(Cc3cc4ccccc4n3Cc3ccccc3)CC2)cc1. The van der Waals surface area contributed by atoms with Crippen molar-refractivity contribution >= 4 is 16.8 Å². The molecule has 192 valence electrons. The van der Waals surface area contributed by atoms with Crippen LogP contribution < -0.4 is 10.1 Å². The highest BCUT2D eigenvalue weighted by Gasteiger charge is 2.25. The minimum atomic E-state index is 0.0820. The number of piperidine rings is 1. The molecule has 0 aliphatic carbocycles. The Balaban J connectivity index is 1.15. The van der Waals surface area contributed by atoms with E-state index < -0.39 is 0 Å². The molecule has 4 aromatic rings. The Labute approximate surface area is 220 Å². The number of benzene rings is 3. The van der Waals surface area contributed by atoms with Crippen LogP contribution in [0, 0.1) is 5.92 Å². The van der Waals surface area contributed by atoms with Gasteiger partial charge in [-0.15, -0.1) is 0 Å². The maximum absolute atomic E-state index is 12.9. The smallest absolute Gasteiger partial charge is 0.223 e. The molecule has 0 radical (unpaired) electrons. The number of carbonyl (C=O) groups is 1. The van der Waals surface area contributed by atoms with Gasteiger partial charge < -0.3 is 14.6 Å². The molecule has 0 unspecified atom stereocenters. The first-order valence-corrected chi connectivity index (χ1v) is 13.5. The topological polar surface area (TPSA) is 46.5 Å². The zero-order chi connectivity index (χ0) is 25.5. The summed E-state index contributed by atoms with van der Waals surface area (Å²) in [7, 11) is 0. The zero-order valence-corrected chi connectivity index (χ0v) is 21.7. The lowest BCUT2D eigenvalue weighted by Crippen LogP contribution is -2.40. The van der Waals surface area contributed by atoms with Crippen molar-refractivity contribution in [1.82, 2.24) is 14.8 Å². The number of aromatic nitrogens is 1. The second-order valence-corrected chi connectivity index (χ2v) is 10.0. The summed E-state index contributed by atoms with van der Waals surface area (Å²) < 4.78 is 8.09. The van der Waals surface area contributed by atoms with E-state index in [2.05, 4.69) is 82.4 Å². The second kappa shape index (κ2) is 12.1. The minimum absolute atomic E-state index is 0.0820. The first-order chi connectivity index (χ1) is 18.2. The van der Waals surface area contributed by atoms with E-state index in [1.165, 1.54) is 22.2 Å². The molecule has 1 aliphatic rings. The van der Waals surface area contributed by atoms with Crippen LogP contribution >= 0.6 is 0 Å². The minimum Gasteiger partial charge on any atom is -0.494 e. The van der Waals surface area contributed by atoms with Crippen LogP contribution in [0.3, 0.4) is 0 Å². The van der Waals surface area contributed by atoms with Gasteiger partial charge in [-0.25, -0.2) is 0 Å². The van der Waals surface area contributed by atoms with Crippen LogP contribution in [0.1, 0.15) is 43.0 Å². The quantitative estimate of drug-likeness (QED) is 0.293. The Morgan fingerprint density at radius 3 is 2.38 bits per heavy atom. The standard InChI is InChI=1S/C32H37N3O2/c1-2-20-37-30-14-12-25(13-15-30)22-33-32(36)27-16-18-34(19-17-27)24-29-21-28-10-6-7-11-31(28)35(29)23-26-8-4-3-5-9-26/h3-15,21,27H,2,16-20,22-24H2,1H3,(H,33,36). The number of ether oxygens (including phenoxy) is 1. The lowest BCUT2D eigenvalue weighted by atomic mass is 9.95. The van der Waals surface area contributed by atoms with Crippen LogP contribution in [0.15, 0.2) is 84.9 Å². The van der Waals surface area contributed by atoms with E-state index in [9.17, 15) is 4.79 Å². The Hall–Kier alpha value is -3.57. The normalized spacial score (nSPS) is 14.6. The van der Waals surface area contributed by atoms with Gasteiger partial charge in [0.15, 0.2) is 0 Å². The summed E-state index contributed by atoms with van der Waals surface area (Å²) in [5.74, 6) is 1.13. The van der Waals surface area contributed by atoms with E-state index >= 15 is 0 Å². The molecular weight excluding hydrogens is 458 g/mol. The van der Waals surface area contributed by atoms with Crippen LogP contribution in [-0.4, -0.2) is 35.1 Å². The van der Waals surface area contributed by atoms with Crippen molar-refractivity contribution < 1.29 is 9.53 Å². The molecule has 3 aromatic carbocycles. The molecule has 1 aliphatic heterocycles. The Morgan fingerprint density at radius 2 is 1.62 bits per heavy atom. The summed E-state index contributed by atoms with van der Waals surface area (Å²) in [6, 6.07) is 29.6. The van der Waals surface area contributed by atoms with Crippen molar-refractivity contribution in [2.24, 2.45) is 5.92 Å². The van der Waals surface area contributed by atoms with E-state index in [0.29, 0.717) is 6.54 Å². The number of nitrogens with one attached hydrogen (secondary N) is 1. The molecule has 5 rings (SSSR count). The summed E-state index contributed by atoms with van der Waals surface area (Å²) in [4.78, 5) is 15.4. The molecule has 1 amide bonds. The highest BCUT2D eigenvalue weighted by molar-refractivity contribution is 5.81. The summed E-state index contributed by atoms with van der Waals surface area (Å²) >= 11 is 0. The van der Waals surface area contributed by atoms with Gasteiger partial charge in [-0.3, -0.25) is 9.69 Å². The van der Waals surface area contributed by atoms with E-state index in [1.807, 2.05) is 24.3 Å². The van der Waals surface area contributed by atoms with Gasteiger partial charge in [-0.2, -0.15) is 0 Å². The molecule has 5 heteroatoms. The predicted octanol–water partition coefficient (Wildman–Crippen LogP) is 6.01. The fourth-order valence-corrected chi connectivity index (χ4v) is 5.19. The number of hydrogen-bond acceptors (Lipinski definition) is 3. The number of amides is 1. The number of carbonyl (C=O) groups excluding carboxylic acids is 1. The third-order valence-electron chi connectivity index (χ3n) is 7.29. The molecule has 0 saturated carbocycles. The summed E-state index contributed by atoms with van der Waals surface area (Å²) in [6.45, 7) is 7.04. The van der Waals surface area contributed by atoms with Gasteiger partial charge in [-0.05, 0) is 73.1 Å². The third kappa shape index (κ3) is 6.41. The van der Waals surface area contributed by atoms with Gasteiger partial charge in [0.25, 0.3) is 0 Å². The van der Waals surface area contributed by atoms with Crippen LogP contribution in [0.25, 0.3) is 10.9 Å². The van der Waals surface area contributed by atoms with Crippen LogP contribution in [0.4, 0.5) is 0 Å². The van der Waals surface area contributed by atoms with Crippen molar-refractivity contribution in [3.05, 3.63) is 102 Å². The number of rotatable bonds is 10. The Morgan fingerprint density at radius 1 is 0.892 bits per heavy atom. The average Bonchev–Trinajstić information content (AvgIpc) is 3.28. The van der Waals surface area contributed by atoms with Gasteiger partial charge in [0.1, 0.15) is 5.75 Å². The van der Waals surface area contributed by atoms with Gasteiger partial charge in [-0.1, -0.05) is 67.6 Å². The second-order valence-electron chi connectivity index (χ2n) is 10.0. The molecule has 1 aromatic heterocycles. The highest BCUT2D eigenvalue weighted by atomic mass is 16.5. The van der Waals surface area contributed by atoms with Gasteiger partial charge in [0, 0.05) is 36.8 Å². The predicted molar refractivity (Wildman–Crippen MR) is 150 cm³/mol. The lowest BCUT2D eigenvalue weighted by molar-refractivity contribution is -0.126. The summed E-state index contributed by atoms with van der Waals surface area (Å²) in [6.07, 6.45) is 2.79. The lowest BCUT2D eigenvalue weighted by Gasteiger charge is -2.31. The van der Waals surface area contributed by atoms with E-state index in [4.69, 9.17) is 4.74 Å². The monoisotopic (exact) mass is 495 g/mol. The molecule has 0 atom stereocenters. The van der Waals surface area contributed by atoms with Crippen LogP contribution in [-0.2, 0) is 24.4 Å². The Kier molecular flexibility index (Phi) is 8.21. The first-order valence-electron chi connectivity index (χ1n) is 13.5. The molecule has 5 nitrogen and oxygen atoms in total. The number of para-hydroxylation sites is 1. The first kappa shape index (κ1) is 25.1. The fraction of sp³-hybridized carbons (Fsp3) is 0.344. The molecule has 0 spiro atoms. The molecule has 1 saturated heterocycles. The van der Waals surface area contributed by atoms with Crippen LogP contribution in [0.2, 0.25) is 0 Å². The van der Waals surface area contributed by atoms with Crippen molar-refractivity contribution in [3.8, 4) is 5.75 Å². The maximum atomic E-state index is 12.9. The summed E-state index contributed by atoms with van der Waals surface area (Å²) in [5.41, 5.74) is 5.02. The number of fused-ring (bicyclic) bond motifs is 1. The molecule has 1 N–H and O–H groups in total. The maximum Gasteiger partial charge on any atom is 0.223 e. The number of nitrogens with zero attached hydrogens (tertiary/aromatic N) is 2. The summed E-state index contributed by atoms with van der Waals surface area (Å²) in [5, 5.41) is 4.43. The van der Waals surface area contributed by atoms with Crippen LogP contribution in [0.5, 0.6) is 5.75 Å². The van der Waals surface area contributed by atoms with E-state index in [-0.39, 0.29) is 11.8 Å². The van der Waals surface area contributed by atoms with Gasteiger partial charge >= 0.3 is 0 Å². The van der Waals surface area contributed by atoms with Crippen molar-refractivity contribution in [2.45, 2.75) is 45.8 Å². The largest absolute Gasteiger partial charge is 0.494 e. The van der Waals surface area contributed by atoms with Crippen molar-refractivity contribution in [3.63, 3.8) is 0 Å². The molecule has 0 bridgehead atoms. The van der Waals surface area contributed by atoms with Crippen molar-refractivity contribution in [2.75, 3.05) is 19.7 Å². The number of likely N-dealkylation sites (tertiary alicyclic amines) is 1. The zero-order valence-electron chi connectivity index (χ0n) is 21.7. The molecule has 1 fully saturated rings. The van der Waals surface area contributed by atoms with E-state index in [0.717, 1.165) is 63.4 Å². The van der Waals surface area contributed by atoms with E-state index in [1.54, 1.807) is 0 Å². The Bertz CT molecular complexity index is 1290. The molecule has 2 heterocycles. The third-order valence-corrected chi connectivity index (χ3v) is 7.29. The molecular formula is C32H37N3O2. The fourth-order valence-electron chi connectivity index (χ4n) is 5.19. The molecule has 37 heavy (non-hydrogen) atoms.